The van der Waals surface area contributed by atoms with Gasteiger partial charge in [0.1, 0.15) is 24.4 Å². The molecule has 0 amide bonds. The number of aliphatic carboxylic acids is 1. The van der Waals surface area contributed by atoms with E-state index in [9.17, 15) is 35.4 Å². The van der Waals surface area contributed by atoms with Gasteiger partial charge in [0.2, 0.25) is 0 Å². The highest BCUT2D eigenvalue weighted by atomic mass is 16.7. The summed E-state index contributed by atoms with van der Waals surface area (Å²) >= 11 is 0. The second-order valence-electron chi connectivity index (χ2n) is 7.94. The van der Waals surface area contributed by atoms with Crippen molar-refractivity contribution in [3.63, 3.8) is 0 Å². The van der Waals surface area contributed by atoms with Crippen molar-refractivity contribution >= 4 is 5.97 Å². The minimum atomic E-state index is -2.42. The molecule has 0 aromatic carbocycles. The van der Waals surface area contributed by atoms with Gasteiger partial charge in [-0.25, -0.2) is 4.79 Å². The highest BCUT2D eigenvalue weighted by Gasteiger charge is 2.55. The van der Waals surface area contributed by atoms with Gasteiger partial charge in [-0.15, -0.1) is 0 Å². The van der Waals surface area contributed by atoms with Crippen molar-refractivity contribution in [2.45, 2.75) is 75.1 Å². The van der Waals surface area contributed by atoms with Gasteiger partial charge >= 0.3 is 5.97 Å². The molecule has 2 aliphatic rings. The van der Waals surface area contributed by atoms with Gasteiger partial charge in [-0.05, 0) is 0 Å². The van der Waals surface area contributed by atoms with E-state index in [1.807, 2.05) is 0 Å². The van der Waals surface area contributed by atoms with Crippen LogP contribution in [-0.2, 0) is 23.7 Å². The number of ether oxygens (including phenoxy) is 4. The fourth-order valence-corrected chi connectivity index (χ4v) is 3.75. The molecule has 0 bridgehead atoms. The third-order valence-electron chi connectivity index (χ3n) is 5.89. The summed E-state index contributed by atoms with van der Waals surface area (Å²) in [5.41, 5.74) is 0. The first-order valence-electron chi connectivity index (χ1n) is 9.73. The number of hydrogen-bond donors (Lipinski definition) is 7. The lowest BCUT2D eigenvalue weighted by Crippen LogP contribution is -2.62. The Morgan fingerprint density at radius 2 is 1.80 bits per heavy atom. The zero-order chi connectivity index (χ0) is 22.8. The van der Waals surface area contributed by atoms with E-state index in [-0.39, 0.29) is 0 Å². The van der Waals surface area contributed by atoms with E-state index in [1.54, 1.807) is 6.92 Å². The SMILES string of the molecule is COC1OC(CO[C@]2(C(=O)O)C[C@@H](O)[C@@H](C)C([C@H](O)[C@H](O)CO)O2)[C@H](O)[C@H](O)C1C. The summed E-state index contributed by atoms with van der Waals surface area (Å²) in [6.07, 6.45) is -11.1. The number of carbonyl (C=O) groups is 1. The summed E-state index contributed by atoms with van der Waals surface area (Å²) in [6.45, 7) is 1.76. The minimum absolute atomic E-state index is 0.503. The van der Waals surface area contributed by atoms with Crippen LogP contribution in [-0.4, -0.2) is 117 Å². The summed E-state index contributed by atoms with van der Waals surface area (Å²) in [7, 11) is 1.35. The Morgan fingerprint density at radius 1 is 1.17 bits per heavy atom. The summed E-state index contributed by atoms with van der Waals surface area (Å²) in [5.74, 6) is -5.37. The van der Waals surface area contributed by atoms with Crippen LogP contribution in [0.4, 0.5) is 0 Å². The number of carboxylic acids is 1. The van der Waals surface area contributed by atoms with E-state index in [1.165, 1.54) is 14.0 Å². The molecule has 2 saturated heterocycles. The predicted molar refractivity (Wildman–Crippen MR) is 96.9 cm³/mol. The molecule has 12 nitrogen and oxygen atoms in total. The number of aliphatic hydroxyl groups is 6. The van der Waals surface area contributed by atoms with Crippen LogP contribution in [0.2, 0.25) is 0 Å². The Bertz CT molecular complexity index is 573. The Balaban J connectivity index is 2.20. The maximum absolute atomic E-state index is 12.0. The molecule has 30 heavy (non-hydrogen) atoms. The van der Waals surface area contributed by atoms with E-state index >= 15 is 0 Å². The van der Waals surface area contributed by atoms with E-state index < -0.39 is 92.2 Å². The lowest BCUT2D eigenvalue weighted by molar-refractivity contribution is -0.336. The number of rotatable bonds is 8. The molecule has 0 saturated carbocycles. The zero-order valence-corrected chi connectivity index (χ0v) is 17.1. The summed E-state index contributed by atoms with van der Waals surface area (Å²) in [4.78, 5) is 12.0. The van der Waals surface area contributed by atoms with Crippen LogP contribution in [0.5, 0.6) is 0 Å². The van der Waals surface area contributed by atoms with Gasteiger partial charge in [0.25, 0.3) is 5.79 Å². The van der Waals surface area contributed by atoms with Crippen molar-refractivity contribution in [1.29, 1.82) is 0 Å². The van der Waals surface area contributed by atoms with Gasteiger partial charge in [-0.2, -0.15) is 0 Å². The van der Waals surface area contributed by atoms with Gasteiger partial charge in [-0.1, -0.05) is 13.8 Å². The molecule has 4 unspecified atom stereocenters. The first-order valence-corrected chi connectivity index (χ1v) is 9.73. The smallest absolute Gasteiger partial charge is 0.364 e. The fraction of sp³-hybridized carbons (Fsp3) is 0.944. The molecule has 2 heterocycles. The van der Waals surface area contributed by atoms with Crippen LogP contribution >= 0.6 is 0 Å². The Hall–Kier alpha value is -0.930. The Labute approximate surface area is 173 Å². The van der Waals surface area contributed by atoms with E-state index in [0.717, 1.165) is 0 Å². The van der Waals surface area contributed by atoms with Gasteiger partial charge in [0.15, 0.2) is 6.29 Å². The van der Waals surface area contributed by atoms with E-state index in [0.29, 0.717) is 0 Å². The molecule has 0 aromatic heterocycles. The van der Waals surface area contributed by atoms with Crippen molar-refractivity contribution < 1.29 is 59.5 Å². The second-order valence-corrected chi connectivity index (χ2v) is 7.94. The monoisotopic (exact) mass is 440 g/mol. The third-order valence-corrected chi connectivity index (χ3v) is 5.89. The van der Waals surface area contributed by atoms with Crippen LogP contribution in [0, 0.1) is 11.8 Å². The number of carboxylic acid groups (broad SMARTS) is 1. The van der Waals surface area contributed by atoms with Gasteiger partial charge in [0, 0.05) is 25.4 Å². The first kappa shape index (κ1) is 25.3. The summed E-state index contributed by atoms with van der Waals surface area (Å²) in [6, 6.07) is 0. The van der Waals surface area contributed by atoms with Crippen LogP contribution in [0.15, 0.2) is 0 Å². The average molecular weight is 440 g/mol. The standard InChI is InChI=1S/C18H32O12/c1-7-9(20)4-18(17(25)26,30-15(7)13(23)10(21)5-19)28-6-11-14(24)12(22)8(2)16(27-3)29-11/h7-16,19-24H,4-6H2,1-3H3,(H,25,26)/t7-,8?,9-,10-,11?,12-,13-,14+,15?,16?,18-/m1/s1. The average Bonchev–Trinajstić information content (AvgIpc) is 2.72. The molecule has 0 spiro atoms. The molecule has 11 atom stereocenters. The summed E-state index contributed by atoms with van der Waals surface area (Å²) < 4.78 is 21.6. The van der Waals surface area contributed by atoms with Crippen LogP contribution in [0.25, 0.3) is 0 Å². The normalized spacial score (nSPS) is 44.4. The molecule has 2 fully saturated rings. The molecule has 12 heteroatoms. The largest absolute Gasteiger partial charge is 0.477 e. The molecule has 0 radical (unpaired) electrons. The molecule has 0 aromatic rings. The molecule has 2 aliphatic heterocycles. The van der Waals surface area contributed by atoms with Crippen molar-refractivity contribution in [3.8, 4) is 0 Å². The van der Waals surface area contributed by atoms with Gasteiger partial charge in [0.05, 0.1) is 31.5 Å². The van der Waals surface area contributed by atoms with Crippen molar-refractivity contribution in [3.05, 3.63) is 0 Å². The molecular formula is C18H32O12. The highest BCUT2D eigenvalue weighted by molar-refractivity contribution is 5.76. The van der Waals surface area contributed by atoms with E-state index in [4.69, 9.17) is 24.1 Å². The van der Waals surface area contributed by atoms with Crippen LogP contribution < -0.4 is 0 Å². The molecule has 0 aliphatic carbocycles. The van der Waals surface area contributed by atoms with E-state index in [2.05, 4.69) is 0 Å². The number of aliphatic hydroxyl groups excluding tert-OH is 6. The van der Waals surface area contributed by atoms with Gasteiger partial charge in [-0.3, -0.25) is 0 Å². The quantitative estimate of drug-likeness (QED) is 0.202. The zero-order valence-electron chi connectivity index (χ0n) is 17.1. The Morgan fingerprint density at radius 3 is 2.33 bits per heavy atom. The van der Waals surface area contributed by atoms with Crippen LogP contribution in [0.1, 0.15) is 20.3 Å². The molecule has 2 rings (SSSR count). The fourth-order valence-electron chi connectivity index (χ4n) is 3.75. The Kier molecular flexibility index (Phi) is 8.55. The predicted octanol–water partition coefficient (Wildman–Crippen LogP) is -2.99. The number of hydrogen-bond acceptors (Lipinski definition) is 11. The highest BCUT2D eigenvalue weighted by Crippen LogP contribution is 2.37. The second kappa shape index (κ2) is 10.1. The van der Waals surface area contributed by atoms with Crippen molar-refractivity contribution in [1.82, 2.24) is 0 Å². The molecular weight excluding hydrogens is 408 g/mol. The maximum Gasteiger partial charge on any atom is 0.364 e. The maximum atomic E-state index is 12.0. The van der Waals surface area contributed by atoms with Crippen molar-refractivity contribution in [2.75, 3.05) is 20.3 Å². The first-order chi connectivity index (χ1) is 14.0. The van der Waals surface area contributed by atoms with Crippen LogP contribution in [0.3, 0.4) is 0 Å². The molecule has 7 N–H and O–H groups in total. The molecule has 176 valence electrons. The summed E-state index contributed by atoms with van der Waals surface area (Å²) in [5, 5.41) is 69.6. The lowest BCUT2D eigenvalue weighted by Gasteiger charge is -2.46. The topological polar surface area (TPSA) is 196 Å². The van der Waals surface area contributed by atoms with Gasteiger partial charge < -0.3 is 54.7 Å². The third kappa shape index (κ3) is 4.93. The minimum Gasteiger partial charge on any atom is -0.477 e. The van der Waals surface area contributed by atoms with Crippen molar-refractivity contribution in [2.24, 2.45) is 11.8 Å². The number of methoxy groups -OCH3 is 1. The lowest BCUT2D eigenvalue weighted by atomic mass is 9.84.